The summed E-state index contributed by atoms with van der Waals surface area (Å²) >= 11 is 0. The van der Waals surface area contributed by atoms with Crippen molar-refractivity contribution in [2.75, 3.05) is 4.90 Å². The Labute approximate surface area is 398 Å². The third-order valence-electron chi connectivity index (χ3n) is 15.1. The van der Waals surface area contributed by atoms with Gasteiger partial charge in [0.1, 0.15) is 11.2 Å². The summed E-state index contributed by atoms with van der Waals surface area (Å²) in [7, 11) is 0. The molecule has 68 heavy (non-hydrogen) atoms. The summed E-state index contributed by atoms with van der Waals surface area (Å²) in [5.41, 5.74) is 25.2. The van der Waals surface area contributed by atoms with Crippen LogP contribution in [0.25, 0.3) is 88.7 Å². The van der Waals surface area contributed by atoms with Gasteiger partial charge in [0.05, 0.1) is 0 Å². The van der Waals surface area contributed by atoms with Crippen molar-refractivity contribution in [1.29, 1.82) is 0 Å². The van der Waals surface area contributed by atoms with Crippen molar-refractivity contribution in [3.63, 3.8) is 0 Å². The maximum Gasteiger partial charge on any atom is 0.136 e. The van der Waals surface area contributed by atoms with Crippen LogP contribution in [0.4, 0.5) is 17.1 Å². The first-order valence-corrected chi connectivity index (χ1v) is 23.8. The maximum atomic E-state index is 6.31. The zero-order valence-corrected chi connectivity index (χ0v) is 38.7. The third-order valence-corrected chi connectivity index (χ3v) is 15.1. The summed E-state index contributed by atoms with van der Waals surface area (Å²) in [6.45, 7) is 9.49. The average Bonchev–Trinajstić information content (AvgIpc) is 3.96. The van der Waals surface area contributed by atoms with E-state index in [4.69, 9.17) is 4.42 Å². The highest BCUT2D eigenvalue weighted by Gasteiger charge is 2.38. The Bertz CT molecular complexity index is 3780. The molecule has 13 rings (SSSR count). The van der Waals surface area contributed by atoms with Gasteiger partial charge >= 0.3 is 0 Å². The third kappa shape index (κ3) is 6.25. The van der Waals surface area contributed by atoms with E-state index in [9.17, 15) is 0 Å². The van der Waals surface area contributed by atoms with Gasteiger partial charge in [0.2, 0.25) is 0 Å². The summed E-state index contributed by atoms with van der Waals surface area (Å²) in [5, 5.41) is 2.28. The minimum atomic E-state index is -0.179. The van der Waals surface area contributed by atoms with Crippen molar-refractivity contribution in [1.82, 2.24) is 0 Å². The molecule has 0 spiro atoms. The number of para-hydroxylation sites is 1. The highest BCUT2D eigenvalue weighted by atomic mass is 16.3. The van der Waals surface area contributed by atoms with Gasteiger partial charge in [0, 0.05) is 38.7 Å². The molecule has 0 aliphatic heterocycles. The molecule has 0 bridgehead atoms. The minimum Gasteiger partial charge on any atom is -0.456 e. The van der Waals surface area contributed by atoms with Crippen LogP contribution in [-0.2, 0) is 10.8 Å². The van der Waals surface area contributed by atoms with Gasteiger partial charge < -0.3 is 9.32 Å². The molecule has 2 heteroatoms. The molecule has 1 heterocycles. The topological polar surface area (TPSA) is 16.4 Å². The van der Waals surface area contributed by atoms with Gasteiger partial charge in [-0.15, -0.1) is 0 Å². The summed E-state index contributed by atoms with van der Waals surface area (Å²) in [6.07, 6.45) is 0. The zero-order valence-electron chi connectivity index (χ0n) is 38.7. The van der Waals surface area contributed by atoms with Crippen molar-refractivity contribution >= 4 is 39.0 Å². The lowest BCUT2D eigenvalue weighted by atomic mass is 9.80. The summed E-state index contributed by atoms with van der Waals surface area (Å²) in [5.74, 6) is 0. The van der Waals surface area contributed by atoms with E-state index in [0.717, 1.165) is 50.1 Å². The quantitative estimate of drug-likeness (QED) is 0.159. The molecule has 0 amide bonds. The fraction of sp³-hybridized carbons (Fsp3) is 0.0909. The zero-order chi connectivity index (χ0) is 45.7. The van der Waals surface area contributed by atoms with E-state index in [2.05, 4.69) is 245 Å². The number of rotatable bonds is 7. The van der Waals surface area contributed by atoms with Gasteiger partial charge in [-0.05, 0) is 162 Å². The molecule has 10 aromatic carbocycles. The number of nitrogens with zero attached hydrogens (tertiary/aromatic N) is 1. The Morgan fingerprint density at radius 3 is 1.68 bits per heavy atom. The van der Waals surface area contributed by atoms with Crippen LogP contribution in [0.2, 0.25) is 0 Å². The van der Waals surface area contributed by atoms with Gasteiger partial charge in [-0.3, -0.25) is 0 Å². The maximum absolute atomic E-state index is 6.31. The molecule has 0 unspecified atom stereocenters. The summed E-state index contributed by atoms with van der Waals surface area (Å²) in [6, 6.07) is 82.7. The second kappa shape index (κ2) is 15.2. The Balaban J connectivity index is 0.935. The van der Waals surface area contributed by atoms with Gasteiger partial charge in [-0.1, -0.05) is 179 Å². The second-order valence-electron chi connectivity index (χ2n) is 19.7. The number of hydrogen-bond acceptors (Lipinski definition) is 2. The molecule has 2 nitrogen and oxygen atoms in total. The molecular formula is C66H49NO. The van der Waals surface area contributed by atoms with E-state index >= 15 is 0 Å². The molecule has 0 fully saturated rings. The van der Waals surface area contributed by atoms with Gasteiger partial charge in [0.15, 0.2) is 0 Å². The standard InChI is InChI=1S/C66H49NO/c1-65(2)58-24-13-11-22-52(58)53-34-32-51(41-60(53)65)67(49-30-26-43(27-31-49)47-28-33-55-54-23-12-14-25-62(54)68-63(55)40-47)50-21-15-20-45(36-50)46-29-35-59-57(37-46)64-56(44-18-9-6-10-19-44)38-48(39-61(64)66(59,3)4)42-16-7-5-8-17-42/h5-41H,1-4H3. The molecule has 0 radical (unpaired) electrons. The first kappa shape index (κ1) is 40.1. The Kier molecular flexibility index (Phi) is 8.95. The molecule has 11 aromatic rings. The van der Waals surface area contributed by atoms with Crippen molar-refractivity contribution in [3.05, 3.63) is 247 Å². The number of fused-ring (bicyclic) bond motifs is 9. The van der Waals surface area contributed by atoms with E-state index in [1.54, 1.807) is 0 Å². The molecule has 324 valence electrons. The van der Waals surface area contributed by atoms with E-state index in [0.29, 0.717) is 0 Å². The van der Waals surface area contributed by atoms with Crippen LogP contribution in [0.3, 0.4) is 0 Å². The van der Waals surface area contributed by atoms with E-state index in [-0.39, 0.29) is 10.8 Å². The fourth-order valence-electron chi connectivity index (χ4n) is 11.5. The predicted molar refractivity (Wildman–Crippen MR) is 285 cm³/mol. The Morgan fingerprint density at radius 1 is 0.294 bits per heavy atom. The molecule has 0 atom stereocenters. The first-order valence-electron chi connectivity index (χ1n) is 23.8. The number of benzene rings is 10. The fourth-order valence-corrected chi connectivity index (χ4v) is 11.5. The molecule has 2 aliphatic rings. The lowest BCUT2D eigenvalue weighted by molar-refractivity contribution is 0.660. The van der Waals surface area contributed by atoms with Gasteiger partial charge in [-0.2, -0.15) is 0 Å². The molecular weight excluding hydrogens is 823 g/mol. The highest BCUT2D eigenvalue weighted by molar-refractivity contribution is 6.06. The van der Waals surface area contributed by atoms with Crippen molar-refractivity contribution in [2.45, 2.75) is 38.5 Å². The van der Waals surface area contributed by atoms with Crippen LogP contribution in [0.5, 0.6) is 0 Å². The summed E-state index contributed by atoms with van der Waals surface area (Å²) in [4.78, 5) is 2.43. The summed E-state index contributed by atoms with van der Waals surface area (Å²) < 4.78 is 6.31. The van der Waals surface area contributed by atoms with Crippen LogP contribution in [0.1, 0.15) is 49.9 Å². The van der Waals surface area contributed by atoms with Crippen LogP contribution in [0, 0.1) is 0 Å². The van der Waals surface area contributed by atoms with Crippen LogP contribution >= 0.6 is 0 Å². The lowest BCUT2D eigenvalue weighted by Crippen LogP contribution is -2.16. The number of furan rings is 1. The van der Waals surface area contributed by atoms with E-state index in [1.807, 2.05) is 12.1 Å². The van der Waals surface area contributed by atoms with E-state index < -0.39 is 0 Å². The minimum absolute atomic E-state index is 0.135. The first-order chi connectivity index (χ1) is 33.2. The highest BCUT2D eigenvalue weighted by Crippen LogP contribution is 2.55. The van der Waals surface area contributed by atoms with E-state index in [1.165, 1.54) is 77.9 Å². The van der Waals surface area contributed by atoms with Gasteiger partial charge in [-0.25, -0.2) is 0 Å². The van der Waals surface area contributed by atoms with Crippen LogP contribution < -0.4 is 4.90 Å². The lowest BCUT2D eigenvalue weighted by Gasteiger charge is -2.28. The number of anilines is 3. The SMILES string of the molecule is CC1(C)c2ccccc2-c2ccc(N(c3ccc(-c4ccc5c(c4)oc4ccccc45)cc3)c3cccc(-c4ccc5c(c4)-c4c(-c6ccccc6)cc(-c6ccccc6)cc4C5(C)C)c3)cc21. The van der Waals surface area contributed by atoms with Crippen LogP contribution in [-0.4, -0.2) is 0 Å². The van der Waals surface area contributed by atoms with Crippen molar-refractivity contribution in [2.24, 2.45) is 0 Å². The molecule has 0 saturated heterocycles. The average molecular weight is 872 g/mol. The molecule has 0 N–H and O–H groups in total. The monoisotopic (exact) mass is 871 g/mol. The predicted octanol–water partition coefficient (Wildman–Crippen LogP) is 18.3. The molecule has 2 aliphatic carbocycles. The second-order valence-corrected chi connectivity index (χ2v) is 19.7. The largest absolute Gasteiger partial charge is 0.456 e. The normalized spacial score (nSPS) is 13.8. The molecule has 1 aromatic heterocycles. The Morgan fingerprint density at radius 2 is 0.853 bits per heavy atom. The molecule has 0 saturated carbocycles. The van der Waals surface area contributed by atoms with Crippen molar-refractivity contribution < 1.29 is 4.42 Å². The number of hydrogen-bond donors (Lipinski definition) is 0. The Hall–Kier alpha value is -8.20. The smallest absolute Gasteiger partial charge is 0.136 e. The van der Waals surface area contributed by atoms with Crippen molar-refractivity contribution in [3.8, 4) is 66.8 Å². The van der Waals surface area contributed by atoms with Gasteiger partial charge in [0.25, 0.3) is 0 Å². The van der Waals surface area contributed by atoms with Crippen LogP contribution in [0.15, 0.2) is 229 Å².